The first-order chi connectivity index (χ1) is 12.5. The van der Waals surface area contributed by atoms with Crippen LogP contribution in [-0.2, 0) is 13.1 Å². The first-order valence-corrected chi connectivity index (χ1v) is 8.20. The molecule has 5 nitrogen and oxygen atoms in total. The number of aliphatic imine (C=N–C) groups is 1. The smallest absolute Gasteiger partial charge is 0.387 e. The van der Waals surface area contributed by atoms with Crippen LogP contribution in [0.15, 0.2) is 47.5 Å². The standard InChI is InChI=1S/C18H20ClF2N3O2/c1-22-18(23-10-12-3-6-14(19)7-4-12)24-11-13-5-8-15(25-2)9-16(13)26-17(20)21/h3-9,17H,10-11H2,1-2H3,(H2,22,23,24). The molecule has 0 aliphatic heterocycles. The van der Waals surface area contributed by atoms with E-state index in [0.29, 0.717) is 28.8 Å². The second kappa shape index (κ2) is 9.82. The quantitative estimate of drug-likeness (QED) is 0.564. The van der Waals surface area contributed by atoms with E-state index in [-0.39, 0.29) is 12.3 Å². The maximum absolute atomic E-state index is 12.6. The van der Waals surface area contributed by atoms with Crippen molar-refractivity contribution in [1.82, 2.24) is 10.6 Å². The molecule has 0 aliphatic rings. The lowest BCUT2D eigenvalue weighted by atomic mass is 10.2. The SMILES string of the molecule is CN=C(NCc1ccc(Cl)cc1)NCc1ccc(OC)cc1OC(F)F. The van der Waals surface area contributed by atoms with E-state index in [9.17, 15) is 8.78 Å². The first kappa shape index (κ1) is 19.8. The molecule has 0 amide bonds. The van der Waals surface area contributed by atoms with Crippen molar-refractivity contribution in [2.24, 2.45) is 4.99 Å². The van der Waals surface area contributed by atoms with Crippen LogP contribution in [0.2, 0.25) is 5.02 Å². The van der Waals surface area contributed by atoms with E-state index in [1.54, 1.807) is 31.3 Å². The predicted octanol–water partition coefficient (Wildman–Crippen LogP) is 3.82. The van der Waals surface area contributed by atoms with Gasteiger partial charge in [-0.2, -0.15) is 8.78 Å². The predicted molar refractivity (Wildman–Crippen MR) is 98.1 cm³/mol. The maximum Gasteiger partial charge on any atom is 0.387 e. The molecule has 0 fully saturated rings. The van der Waals surface area contributed by atoms with E-state index in [0.717, 1.165) is 5.56 Å². The number of ether oxygens (including phenoxy) is 2. The van der Waals surface area contributed by atoms with Crippen molar-refractivity contribution in [2.45, 2.75) is 19.7 Å². The van der Waals surface area contributed by atoms with E-state index in [1.165, 1.54) is 13.2 Å². The minimum absolute atomic E-state index is 0.0556. The second-order valence-corrected chi connectivity index (χ2v) is 5.69. The van der Waals surface area contributed by atoms with E-state index in [4.69, 9.17) is 16.3 Å². The summed E-state index contributed by atoms with van der Waals surface area (Å²) in [4.78, 5) is 4.11. The maximum atomic E-state index is 12.6. The molecule has 0 aliphatic carbocycles. The minimum Gasteiger partial charge on any atom is -0.497 e. The summed E-state index contributed by atoms with van der Waals surface area (Å²) in [6.07, 6.45) is 0. The zero-order chi connectivity index (χ0) is 18.9. The second-order valence-electron chi connectivity index (χ2n) is 5.26. The Morgan fingerprint density at radius 3 is 2.42 bits per heavy atom. The van der Waals surface area contributed by atoms with Crippen LogP contribution >= 0.6 is 11.6 Å². The van der Waals surface area contributed by atoms with Crippen LogP contribution < -0.4 is 20.1 Å². The third-order valence-corrected chi connectivity index (χ3v) is 3.79. The van der Waals surface area contributed by atoms with Crippen molar-refractivity contribution in [3.05, 3.63) is 58.6 Å². The molecule has 0 radical (unpaired) electrons. The fourth-order valence-electron chi connectivity index (χ4n) is 2.20. The number of nitrogens with one attached hydrogen (secondary N) is 2. The molecule has 0 saturated heterocycles. The van der Waals surface area contributed by atoms with Gasteiger partial charge in [-0.15, -0.1) is 0 Å². The summed E-state index contributed by atoms with van der Waals surface area (Å²) in [5.74, 6) is 1.02. The Morgan fingerprint density at radius 1 is 1.12 bits per heavy atom. The van der Waals surface area contributed by atoms with Crippen molar-refractivity contribution < 1.29 is 18.3 Å². The van der Waals surface area contributed by atoms with E-state index < -0.39 is 6.61 Å². The Balaban J connectivity index is 1.97. The molecule has 2 rings (SSSR count). The normalized spacial score (nSPS) is 11.4. The van der Waals surface area contributed by atoms with Crippen molar-refractivity contribution in [1.29, 1.82) is 0 Å². The lowest BCUT2D eigenvalue weighted by Crippen LogP contribution is -2.36. The molecule has 0 bridgehead atoms. The molecule has 0 spiro atoms. The fraction of sp³-hybridized carbons (Fsp3) is 0.278. The number of guanidine groups is 1. The van der Waals surface area contributed by atoms with Gasteiger partial charge < -0.3 is 20.1 Å². The van der Waals surface area contributed by atoms with Crippen LogP contribution in [0.5, 0.6) is 11.5 Å². The van der Waals surface area contributed by atoms with Gasteiger partial charge in [-0.05, 0) is 29.8 Å². The third kappa shape index (κ3) is 6.07. The van der Waals surface area contributed by atoms with Gasteiger partial charge in [0.25, 0.3) is 0 Å². The summed E-state index contributed by atoms with van der Waals surface area (Å²) in [5.41, 5.74) is 1.59. The molecule has 0 heterocycles. The third-order valence-electron chi connectivity index (χ3n) is 3.53. The highest BCUT2D eigenvalue weighted by Gasteiger charge is 2.11. The number of rotatable bonds is 7. The fourth-order valence-corrected chi connectivity index (χ4v) is 2.33. The van der Waals surface area contributed by atoms with E-state index in [1.807, 2.05) is 12.1 Å². The summed E-state index contributed by atoms with van der Waals surface area (Å²) in [5, 5.41) is 6.87. The molecule has 0 atom stereocenters. The number of alkyl halides is 2. The van der Waals surface area contributed by atoms with Gasteiger partial charge in [-0.25, -0.2) is 0 Å². The number of hydrogen-bond acceptors (Lipinski definition) is 3. The molecule has 0 aromatic heterocycles. The van der Waals surface area contributed by atoms with Crippen molar-refractivity contribution in [3.8, 4) is 11.5 Å². The molecule has 2 aromatic rings. The zero-order valence-corrected chi connectivity index (χ0v) is 15.2. The lowest BCUT2D eigenvalue weighted by molar-refractivity contribution is -0.0505. The van der Waals surface area contributed by atoms with Crippen molar-refractivity contribution in [3.63, 3.8) is 0 Å². The van der Waals surface area contributed by atoms with Gasteiger partial charge in [-0.3, -0.25) is 4.99 Å². The Bertz CT molecular complexity index is 740. The number of methoxy groups -OCH3 is 1. The van der Waals surface area contributed by atoms with Crippen LogP contribution in [-0.4, -0.2) is 26.7 Å². The molecule has 140 valence electrons. The molecule has 26 heavy (non-hydrogen) atoms. The average molecular weight is 384 g/mol. The molecule has 2 N–H and O–H groups in total. The minimum atomic E-state index is -2.91. The van der Waals surface area contributed by atoms with Crippen LogP contribution in [0, 0.1) is 0 Å². The number of hydrogen-bond donors (Lipinski definition) is 2. The monoisotopic (exact) mass is 383 g/mol. The average Bonchev–Trinajstić information content (AvgIpc) is 2.63. The van der Waals surface area contributed by atoms with Crippen LogP contribution in [0.3, 0.4) is 0 Å². The molecular weight excluding hydrogens is 364 g/mol. The number of halogens is 3. The molecule has 2 aromatic carbocycles. The summed E-state index contributed by atoms with van der Waals surface area (Å²) >= 11 is 5.86. The summed E-state index contributed by atoms with van der Waals surface area (Å²) < 4.78 is 34.8. The van der Waals surface area contributed by atoms with Gasteiger partial charge in [0.1, 0.15) is 11.5 Å². The topological polar surface area (TPSA) is 54.9 Å². The summed E-state index contributed by atoms with van der Waals surface area (Å²) in [7, 11) is 3.09. The summed E-state index contributed by atoms with van der Waals surface area (Å²) in [6, 6.07) is 12.2. The number of nitrogens with zero attached hydrogens (tertiary/aromatic N) is 1. The van der Waals surface area contributed by atoms with E-state index >= 15 is 0 Å². The van der Waals surface area contributed by atoms with Gasteiger partial charge in [0.2, 0.25) is 0 Å². The highest BCUT2D eigenvalue weighted by Crippen LogP contribution is 2.26. The van der Waals surface area contributed by atoms with Crippen LogP contribution in [0.25, 0.3) is 0 Å². The van der Waals surface area contributed by atoms with Crippen LogP contribution in [0.4, 0.5) is 8.78 Å². The van der Waals surface area contributed by atoms with Gasteiger partial charge >= 0.3 is 6.61 Å². The lowest BCUT2D eigenvalue weighted by Gasteiger charge is -2.15. The largest absolute Gasteiger partial charge is 0.497 e. The van der Waals surface area contributed by atoms with Gasteiger partial charge in [0, 0.05) is 36.8 Å². The van der Waals surface area contributed by atoms with E-state index in [2.05, 4.69) is 20.4 Å². The summed E-state index contributed by atoms with van der Waals surface area (Å²) in [6.45, 7) is -2.12. The Morgan fingerprint density at radius 2 is 1.81 bits per heavy atom. The van der Waals surface area contributed by atoms with Gasteiger partial charge in [0.15, 0.2) is 5.96 Å². The zero-order valence-electron chi connectivity index (χ0n) is 14.4. The molecule has 0 unspecified atom stereocenters. The Kier molecular flexibility index (Phi) is 7.47. The molecule has 8 heteroatoms. The molecule has 0 saturated carbocycles. The van der Waals surface area contributed by atoms with Crippen LogP contribution in [0.1, 0.15) is 11.1 Å². The Hall–Kier alpha value is -2.54. The highest BCUT2D eigenvalue weighted by molar-refractivity contribution is 6.30. The number of benzene rings is 2. The Labute approximate surface area is 156 Å². The van der Waals surface area contributed by atoms with Crippen molar-refractivity contribution >= 4 is 17.6 Å². The van der Waals surface area contributed by atoms with Crippen molar-refractivity contribution in [2.75, 3.05) is 14.2 Å². The first-order valence-electron chi connectivity index (χ1n) is 7.82. The molecular formula is C18H20ClF2N3O2. The van der Waals surface area contributed by atoms with Gasteiger partial charge in [0.05, 0.1) is 7.11 Å². The van der Waals surface area contributed by atoms with Gasteiger partial charge in [-0.1, -0.05) is 23.7 Å². The highest BCUT2D eigenvalue weighted by atomic mass is 35.5.